The van der Waals surface area contributed by atoms with Gasteiger partial charge in [0.1, 0.15) is 15.6 Å². The first-order valence-electron chi connectivity index (χ1n) is 5.73. The van der Waals surface area contributed by atoms with Gasteiger partial charge in [-0.2, -0.15) is 0 Å². The van der Waals surface area contributed by atoms with Crippen molar-refractivity contribution in [2.45, 2.75) is 12.8 Å². The van der Waals surface area contributed by atoms with Gasteiger partial charge in [-0.3, -0.25) is 4.79 Å². The highest BCUT2D eigenvalue weighted by atomic mass is 32.2. The van der Waals surface area contributed by atoms with Crippen molar-refractivity contribution in [2.24, 2.45) is 0 Å². The second-order valence-corrected chi connectivity index (χ2v) is 6.50. The molecule has 7 heteroatoms. The van der Waals surface area contributed by atoms with Gasteiger partial charge in [0.05, 0.1) is 18.6 Å². The second-order valence-electron chi connectivity index (χ2n) is 4.24. The first kappa shape index (κ1) is 15.3. The molecule has 0 bridgehead atoms. The van der Waals surface area contributed by atoms with Crippen molar-refractivity contribution in [3.63, 3.8) is 0 Å². The lowest BCUT2D eigenvalue weighted by molar-refractivity contribution is -0.116. The minimum atomic E-state index is -3.04. The zero-order chi connectivity index (χ0) is 14.5. The van der Waals surface area contributed by atoms with Gasteiger partial charge in [-0.15, -0.1) is 0 Å². The van der Waals surface area contributed by atoms with Crippen LogP contribution in [0.5, 0.6) is 5.75 Å². The summed E-state index contributed by atoms with van der Waals surface area (Å²) in [5.74, 6) is 0.229. The molecule has 106 valence electrons. The van der Waals surface area contributed by atoms with Crippen molar-refractivity contribution < 1.29 is 17.9 Å². The number of rotatable bonds is 6. The molecule has 0 radical (unpaired) electrons. The van der Waals surface area contributed by atoms with Crippen LogP contribution in [0.4, 0.5) is 11.4 Å². The molecule has 3 N–H and O–H groups in total. The Morgan fingerprint density at radius 3 is 2.68 bits per heavy atom. The highest BCUT2D eigenvalue weighted by Gasteiger charge is 2.09. The van der Waals surface area contributed by atoms with Crippen LogP contribution in [0.15, 0.2) is 18.2 Å². The molecular formula is C12H18N2O4S. The molecule has 0 fully saturated rings. The van der Waals surface area contributed by atoms with E-state index in [0.29, 0.717) is 17.1 Å². The van der Waals surface area contributed by atoms with Crippen LogP contribution in [0.2, 0.25) is 0 Å². The van der Waals surface area contributed by atoms with Gasteiger partial charge in [0.25, 0.3) is 0 Å². The number of hydrogen-bond donors (Lipinski definition) is 2. The number of carbonyl (C=O) groups is 1. The van der Waals surface area contributed by atoms with Crippen molar-refractivity contribution in [3.8, 4) is 5.75 Å². The Kier molecular flexibility index (Phi) is 5.17. The average Bonchev–Trinajstić information content (AvgIpc) is 2.27. The molecule has 1 aromatic rings. The SMILES string of the molecule is COc1ccc(N)cc1NC(=O)CCCS(C)(=O)=O. The number of benzene rings is 1. The Morgan fingerprint density at radius 1 is 1.42 bits per heavy atom. The predicted octanol–water partition coefficient (Wildman–Crippen LogP) is 1.04. The second kappa shape index (κ2) is 6.42. The van der Waals surface area contributed by atoms with E-state index in [9.17, 15) is 13.2 Å². The lowest BCUT2D eigenvalue weighted by atomic mass is 10.2. The molecule has 0 aliphatic rings. The van der Waals surface area contributed by atoms with Crippen LogP contribution in [-0.2, 0) is 14.6 Å². The Hall–Kier alpha value is -1.76. The molecule has 0 saturated carbocycles. The number of methoxy groups -OCH3 is 1. The van der Waals surface area contributed by atoms with Crippen molar-refractivity contribution in [2.75, 3.05) is 30.2 Å². The quantitative estimate of drug-likeness (QED) is 0.761. The fourth-order valence-corrected chi connectivity index (χ4v) is 2.20. The van der Waals surface area contributed by atoms with Crippen molar-refractivity contribution >= 4 is 27.1 Å². The standard InChI is InChI=1S/C12H18N2O4S/c1-18-11-6-5-9(13)8-10(11)14-12(15)4-3-7-19(2,16)17/h5-6,8H,3-4,7,13H2,1-2H3,(H,14,15). The van der Waals surface area contributed by atoms with E-state index in [4.69, 9.17) is 10.5 Å². The number of nitrogen functional groups attached to an aromatic ring is 1. The fourth-order valence-electron chi connectivity index (χ4n) is 1.53. The summed E-state index contributed by atoms with van der Waals surface area (Å²) < 4.78 is 27.0. The summed E-state index contributed by atoms with van der Waals surface area (Å²) in [7, 11) is -1.55. The fraction of sp³-hybridized carbons (Fsp3) is 0.417. The van der Waals surface area contributed by atoms with E-state index in [2.05, 4.69) is 5.32 Å². The molecule has 19 heavy (non-hydrogen) atoms. The van der Waals surface area contributed by atoms with E-state index in [-0.39, 0.29) is 24.5 Å². The topological polar surface area (TPSA) is 98.5 Å². The highest BCUT2D eigenvalue weighted by molar-refractivity contribution is 7.90. The van der Waals surface area contributed by atoms with Gasteiger partial charge in [-0.25, -0.2) is 8.42 Å². The van der Waals surface area contributed by atoms with Crippen molar-refractivity contribution in [3.05, 3.63) is 18.2 Å². The maximum Gasteiger partial charge on any atom is 0.224 e. The molecule has 0 heterocycles. The maximum absolute atomic E-state index is 11.7. The largest absolute Gasteiger partial charge is 0.495 e. The van der Waals surface area contributed by atoms with E-state index >= 15 is 0 Å². The first-order valence-corrected chi connectivity index (χ1v) is 7.79. The molecular weight excluding hydrogens is 268 g/mol. The van der Waals surface area contributed by atoms with Gasteiger partial charge in [-0.05, 0) is 24.6 Å². The van der Waals surface area contributed by atoms with Gasteiger partial charge in [-0.1, -0.05) is 0 Å². The third kappa shape index (κ3) is 5.60. The summed E-state index contributed by atoms with van der Waals surface area (Å²) in [6, 6.07) is 4.91. The third-order valence-corrected chi connectivity index (χ3v) is 3.45. The summed E-state index contributed by atoms with van der Waals surface area (Å²) in [6.07, 6.45) is 1.56. The first-order chi connectivity index (χ1) is 8.81. The minimum Gasteiger partial charge on any atom is -0.495 e. The summed E-state index contributed by atoms with van der Waals surface area (Å²) in [5, 5.41) is 2.65. The summed E-state index contributed by atoms with van der Waals surface area (Å²) in [6.45, 7) is 0. The minimum absolute atomic E-state index is 0.00547. The van der Waals surface area contributed by atoms with Gasteiger partial charge in [0, 0.05) is 18.4 Å². The number of hydrogen-bond acceptors (Lipinski definition) is 5. The average molecular weight is 286 g/mol. The third-order valence-electron chi connectivity index (χ3n) is 2.42. The molecule has 1 amide bonds. The molecule has 0 aromatic heterocycles. The van der Waals surface area contributed by atoms with Crippen LogP contribution in [0.3, 0.4) is 0 Å². The number of amides is 1. The van der Waals surface area contributed by atoms with E-state index < -0.39 is 9.84 Å². The van der Waals surface area contributed by atoms with Gasteiger partial charge >= 0.3 is 0 Å². The number of ether oxygens (including phenoxy) is 1. The highest BCUT2D eigenvalue weighted by Crippen LogP contribution is 2.26. The molecule has 6 nitrogen and oxygen atoms in total. The number of sulfone groups is 1. The van der Waals surface area contributed by atoms with Crippen LogP contribution in [0.1, 0.15) is 12.8 Å². The van der Waals surface area contributed by atoms with E-state index in [1.807, 2.05) is 0 Å². The van der Waals surface area contributed by atoms with Crippen LogP contribution in [0.25, 0.3) is 0 Å². The van der Waals surface area contributed by atoms with Gasteiger partial charge < -0.3 is 15.8 Å². The Labute approximate surface area is 112 Å². The van der Waals surface area contributed by atoms with E-state index in [1.54, 1.807) is 18.2 Å². The van der Waals surface area contributed by atoms with Crippen LogP contribution < -0.4 is 15.8 Å². The molecule has 0 aliphatic heterocycles. The monoisotopic (exact) mass is 286 g/mol. The predicted molar refractivity (Wildman–Crippen MR) is 75.0 cm³/mol. The summed E-state index contributed by atoms with van der Waals surface area (Å²) >= 11 is 0. The smallest absolute Gasteiger partial charge is 0.224 e. The number of anilines is 2. The normalized spacial score (nSPS) is 11.1. The van der Waals surface area contributed by atoms with Crippen LogP contribution in [-0.4, -0.2) is 33.4 Å². The van der Waals surface area contributed by atoms with Gasteiger partial charge in [0.2, 0.25) is 5.91 Å². The maximum atomic E-state index is 11.7. The zero-order valence-corrected chi connectivity index (χ0v) is 11.8. The molecule has 0 atom stereocenters. The molecule has 0 saturated heterocycles. The van der Waals surface area contributed by atoms with E-state index in [1.165, 1.54) is 7.11 Å². The van der Waals surface area contributed by atoms with Crippen LogP contribution >= 0.6 is 0 Å². The van der Waals surface area contributed by atoms with Crippen LogP contribution in [0, 0.1) is 0 Å². The Balaban J connectivity index is 2.59. The number of nitrogens with one attached hydrogen (secondary N) is 1. The zero-order valence-electron chi connectivity index (χ0n) is 11.0. The molecule has 1 rings (SSSR count). The van der Waals surface area contributed by atoms with Gasteiger partial charge in [0.15, 0.2) is 0 Å². The molecule has 0 spiro atoms. The van der Waals surface area contributed by atoms with Crippen molar-refractivity contribution in [1.29, 1.82) is 0 Å². The van der Waals surface area contributed by atoms with E-state index in [0.717, 1.165) is 6.26 Å². The number of nitrogens with two attached hydrogens (primary N) is 1. The Bertz CT molecular complexity index is 555. The molecule has 0 aliphatic carbocycles. The molecule has 1 aromatic carbocycles. The number of carbonyl (C=O) groups excluding carboxylic acids is 1. The lowest BCUT2D eigenvalue weighted by Crippen LogP contribution is -2.14. The van der Waals surface area contributed by atoms with Crippen molar-refractivity contribution in [1.82, 2.24) is 0 Å². The summed E-state index contributed by atoms with van der Waals surface area (Å²) in [4.78, 5) is 11.7. The Morgan fingerprint density at radius 2 is 2.11 bits per heavy atom. The molecule has 0 unspecified atom stereocenters. The lowest BCUT2D eigenvalue weighted by Gasteiger charge is -2.10. The summed E-state index contributed by atoms with van der Waals surface area (Å²) in [5.41, 5.74) is 6.61.